The Morgan fingerprint density at radius 3 is 2.27 bits per heavy atom. The van der Waals surface area contributed by atoms with Gasteiger partial charge in [-0.3, -0.25) is 19.3 Å². The first-order chi connectivity index (χ1) is 18.2. The molecule has 0 saturated carbocycles. The van der Waals surface area contributed by atoms with Gasteiger partial charge in [-0.2, -0.15) is 8.62 Å². The van der Waals surface area contributed by atoms with Crippen molar-refractivity contribution in [2.75, 3.05) is 25.9 Å². The van der Waals surface area contributed by atoms with E-state index < -0.39 is 60.6 Å². The Morgan fingerprint density at radius 1 is 1.12 bits per heavy atom. The fraction of sp³-hybridized carbons (Fsp3) is 0.500. The van der Waals surface area contributed by atoms with Crippen LogP contribution < -0.4 is 11.5 Å². The monoisotopic (exact) mass is 638 g/mol. The summed E-state index contributed by atoms with van der Waals surface area (Å²) in [5.74, 6) is -1.19. The van der Waals surface area contributed by atoms with Crippen molar-refractivity contribution >= 4 is 52.4 Å². The molecule has 0 aromatic carbocycles. The molecule has 2 unspecified atom stereocenters. The average molecular weight is 638 g/mol. The number of carbonyl (C=O) groups is 1. The molecule has 0 aliphatic carbocycles. The van der Waals surface area contributed by atoms with Crippen LogP contribution in [0.2, 0.25) is 0 Å². The highest BCUT2D eigenvalue weighted by Gasteiger charge is 2.47. The molecule has 1 fully saturated rings. The number of nitrogens with one attached hydrogen (secondary N) is 1. The normalized spacial score (nSPS) is 24.0. The zero-order chi connectivity index (χ0) is 30.6. The Kier molecular flexibility index (Phi) is 10.8. The molecule has 1 saturated heterocycles. The van der Waals surface area contributed by atoms with Gasteiger partial charge in [-0.05, 0) is 0 Å². The Labute approximate surface area is 222 Å². The molecule has 12 N–H and O–H groups in total. The Bertz CT molecular complexity index is 1370. The lowest BCUT2D eigenvalue weighted by Gasteiger charge is -2.19. The number of phosphoric acid groups is 3. The topological polar surface area (TPSA) is 370 Å². The third-order valence-corrected chi connectivity index (χ3v) is 8.40. The SMILES string of the molecule is CN(CC(=O)O)C(=N)N.Nc1ncnc2c1ncn2[C@@H]1O[C@H](COP(=O)(O)OP(=O)(O)OP(=O)(O)O)[C@@H](O)[C@H]1O. The molecule has 26 heteroatoms. The zero-order valence-electron chi connectivity index (χ0n) is 20.0. The van der Waals surface area contributed by atoms with E-state index in [1.54, 1.807) is 0 Å². The molecule has 0 bridgehead atoms. The number of carboxylic acids is 1. The quantitative estimate of drug-likeness (QED) is 0.0716. The Balaban J connectivity index is 0.000000536. The molecule has 0 radical (unpaired) electrons. The molecule has 2 aromatic heterocycles. The third-order valence-electron chi connectivity index (χ3n) is 4.60. The van der Waals surface area contributed by atoms with Crippen molar-refractivity contribution in [3.63, 3.8) is 0 Å². The molecule has 2 aromatic rings. The summed E-state index contributed by atoms with van der Waals surface area (Å²) in [5, 5.41) is 35.3. The van der Waals surface area contributed by atoms with Gasteiger partial charge in [0, 0.05) is 7.05 Å². The van der Waals surface area contributed by atoms with Crippen molar-refractivity contribution in [2.45, 2.75) is 24.5 Å². The number of hydrogen-bond acceptors (Lipinski definition) is 15. The first kappa shape index (κ1) is 33.6. The predicted molar refractivity (Wildman–Crippen MR) is 128 cm³/mol. The van der Waals surface area contributed by atoms with Crippen molar-refractivity contribution in [3.05, 3.63) is 12.7 Å². The van der Waals surface area contributed by atoms with Gasteiger partial charge in [-0.1, -0.05) is 0 Å². The number of ether oxygens (including phenoxy) is 1. The maximum absolute atomic E-state index is 11.8. The Morgan fingerprint density at radius 2 is 1.75 bits per heavy atom. The summed E-state index contributed by atoms with van der Waals surface area (Å²) < 4.78 is 51.9. The second kappa shape index (κ2) is 12.9. The van der Waals surface area contributed by atoms with Crippen molar-refractivity contribution in [3.8, 4) is 0 Å². The van der Waals surface area contributed by atoms with E-state index >= 15 is 0 Å². The number of aliphatic hydroxyl groups excluding tert-OH is 2. The molecule has 0 amide bonds. The molecule has 40 heavy (non-hydrogen) atoms. The van der Waals surface area contributed by atoms with Crippen molar-refractivity contribution in [2.24, 2.45) is 5.73 Å². The van der Waals surface area contributed by atoms with Gasteiger partial charge in [0.2, 0.25) is 0 Å². The number of nitrogens with two attached hydrogens (primary N) is 2. The van der Waals surface area contributed by atoms with E-state index in [1.807, 2.05) is 0 Å². The van der Waals surface area contributed by atoms with Gasteiger partial charge >= 0.3 is 29.4 Å². The van der Waals surface area contributed by atoms with E-state index in [2.05, 4.69) is 28.1 Å². The van der Waals surface area contributed by atoms with Crippen molar-refractivity contribution in [1.82, 2.24) is 24.4 Å². The minimum Gasteiger partial charge on any atom is -0.480 e. The molecule has 23 nitrogen and oxygen atoms in total. The van der Waals surface area contributed by atoms with Gasteiger partial charge in [-0.25, -0.2) is 28.6 Å². The lowest BCUT2D eigenvalue weighted by atomic mass is 10.1. The van der Waals surface area contributed by atoms with Crippen LogP contribution in [0.15, 0.2) is 12.7 Å². The van der Waals surface area contributed by atoms with Crippen LogP contribution in [0, 0.1) is 5.41 Å². The summed E-state index contributed by atoms with van der Waals surface area (Å²) in [4.78, 5) is 58.3. The zero-order valence-corrected chi connectivity index (χ0v) is 22.7. The number of hydrogen-bond donors (Lipinski definition) is 10. The minimum absolute atomic E-state index is 0.0426. The highest BCUT2D eigenvalue weighted by Crippen LogP contribution is 2.66. The van der Waals surface area contributed by atoms with Gasteiger partial charge < -0.3 is 56.0 Å². The summed E-state index contributed by atoms with van der Waals surface area (Å²) in [6.45, 7) is -1.18. The van der Waals surface area contributed by atoms with Crippen LogP contribution in [0.5, 0.6) is 0 Å². The van der Waals surface area contributed by atoms with Gasteiger partial charge in [0.05, 0.1) is 12.9 Å². The lowest BCUT2D eigenvalue weighted by Crippen LogP contribution is -2.36. The van der Waals surface area contributed by atoms with Crippen LogP contribution in [-0.4, -0.2) is 110 Å². The van der Waals surface area contributed by atoms with Crippen LogP contribution in [0.4, 0.5) is 5.82 Å². The number of fused-ring (bicyclic) bond motifs is 1. The third kappa shape index (κ3) is 9.49. The van der Waals surface area contributed by atoms with Crippen LogP contribution >= 0.6 is 23.5 Å². The smallest absolute Gasteiger partial charge is 0.480 e. The number of nitrogen functional groups attached to an aromatic ring is 1. The summed E-state index contributed by atoms with van der Waals surface area (Å²) in [6.07, 6.45) is -3.69. The number of aliphatic carboxylic acids is 1. The summed E-state index contributed by atoms with van der Waals surface area (Å²) in [6, 6.07) is 0. The van der Waals surface area contributed by atoms with Crippen LogP contribution in [0.25, 0.3) is 11.2 Å². The van der Waals surface area contributed by atoms with Crippen LogP contribution in [-0.2, 0) is 36.4 Å². The number of likely N-dealkylation sites (N-methyl/N-ethyl adjacent to an activating group) is 1. The molecule has 1 aliphatic heterocycles. The van der Waals surface area contributed by atoms with E-state index in [1.165, 1.54) is 17.9 Å². The average Bonchev–Trinajstić information content (AvgIpc) is 3.32. The van der Waals surface area contributed by atoms with E-state index in [0.717, 1.165) is 11.2 Å². The largest absolute Gasteiger partial charge is 0.490 e. The predicted octanol–water partition coefficient (Wildman–Crippen LogP) is -2.73. The number of guanidine groups is 1. The maximum Gasteiger partial charge on any atom is 0.490 e. The molecule has 226 valence electrons. The molecule has 1 aliphatic rings. The summed E-state index contributed by atoms with van der Waals surface area (Å²) in [7, 11) is -15.2. The lowest BCUT2D eigenvalue weighted by molar-refractivity contribution is -0.137. The number of imidazole rings is 1. The minimum atomic E-state index is -5.70. The highest BCUT2D eigenvalue weighted by atomic mass is 31.3. The van der Waals surface area contributed by atoms with Gasteiger partial charge in [0.1, 0.15) is 36.7 Å². The molecular formula is C14H25N8O15P3. The molecule has 3 heterocycles. The second-order valence-electron chi connectivity index (χ2n) is 7.65. The summed E-state index contributed by atoms with van der Waals surface area (Å²) in [5.41, 5.74) is 10.9. The maximum atomic E-state index is 11.8. The number of anilines is 1. The first-order valence-corrected chi connectivity index (χ1v) is 14.7. The molecular weight excluding hydrogens is 613 g/mol. The van der Waals surface area contributed by atoms with Crippen molar-refractivity contribution < 1.29 is 71.3 Å². The number of nitrogens with zero attached hydrogens (tertiary/aromatic N) is 5. The fourth-order valence-corrected chi connectivity index (χ4v) is 5.94. The van der Waals surface area contributed by atoms with Gasteiger partial charge in [0.15, 0.2) is 23.7 Å². The van der Waals surface area contributed by atoms with E-state index in [-0.39, 0.29) is 29.5 Å². The van der Waals surface area contributed by atoms with Gasteiger partial charge in [0.25, 0.3) is 0 Å². The number of rotatable bonds is 10. The standard InChI is InChI=1S/C10H16N5O13P3.C4H9N3O2/c11-8-5-9(13-2-12-8)15(3-14-5)10-7(17)6(16)4(26-10)1-25-30(21,22)28-31(23,24)27-29(18,19)20;1-7(4(5)6)2-3(8)9/h2-4,6-7,10,16-17H,1H2,(H,21,22)(H,23,24)(H2,11,12,13)(H2,18,19,20);2H2,1H3,(H3,5,6)(H,8,9)/t4-,6-,7-,10-;/m1./s1. The van der Waals surface area contributed by atoms with Crippen LogP contribution in [0.1, 0.15) is 6.23 Å². The Hall–Kier alpha value is -2.62. The number of aliphatic hydroxyl groups is 2. The number of phosphoric ester groups is 1. The second-order valence-corrected chi connectivity index (χ2v) is 12.1. The number of carboxylic acid groups (broad SMARTS) is 1. The molecule has 0 spiro atoms. The summed E-state index contributed by atoms with van der Waals surface area (Å²) >= 11 is 0. The first-order valence-electron chi connectivity index (χ1n) is 10.2. The van der Waals surface area contributed by atoms with E-state index in [0.29, 0.717) is 0 Å². The molecule has 6 atom stereocenters. The molecule has 3 rings (SSSR count). The van der Waals surface area contributed by atoms with Gasteiger partial charge in [-0.15, -0.1) is 0 Å². The van der Waals surface area contributed by atoms with E-state index in [4.69, 9.17) is 41.4 Å². The van der Waals surface area contributed by atoms with E-state index in [9.17, 15) is 33.6 Å². The number of aromatic nitrogens is 4. The van der Waals surface area contributed by atoms with Crippen LogP contribution in [0.3, 0.4) is 0 Å². The highest BCUT2D eigenvalue weighted by molar-refractivity contribution is 7.66. The van der Waals surface area contributed by atoms with Crippen molar-refractivity contribution in [1.29, 1.82) is 5.41 Å². The fourth-order valence-electron chi connectivity index (χ4n) is 2.91.